The summed E-state index contributed by atoms with van der Waals surface area (Å²) in [6.45, 7) is 0. The Bertz CT molecular complexity index is 1170. The summed E-state index contributed by atoms with van der Waals surface area (Å²) >= 11 is 1.39. The summed E-state index contributed by atoms with van der Waals surface area (Å²) in [5.41, 5.74) is 3.62. The van der Waals surface area contributed by atoms with Gasteiger partial charge in [-0.15, -0.1) is 11.3 Å². The second-order valence-corrected chi connectivity index (χ2v) is 7.40. The molecule has 2 N–H and O–H groups in total. The highest BCUT2D eigenvalue weighted by Gasteiger charge is 2.16. The van der Waals surface area contributed by atoms with Gasteiger partial charge in [0.2, 0.25) is 11.7 Å². The van der Waals surface area contributed by atoms with Crippen molar-refractivity contribution >= 4 is 33.3 Å². The largest absolute Gasteiger partial charge is 0.493 e. The first kappa shape index (κ1) is 19.8. The Morgan fingerprint density at radius 2 is 1.83 bits per heavy atom. The summed E-state index contributed by atoms with van der Waals surface area (Å²) in [4.78, 5) is 20.4. The number of methoxy groups -OCH3 is 3. The van der Waals surface area contributed by atoms with Crippen LogP contribution in [0.2, 0.25) is 0 Å². The summed E-state index contributed by atoms with van der Waals surface area (Å²) in [5.74, 6) is 1.34. The molecule has 0 spiro atoms. The predicted octanol–water partition coefficient (Wildman–Crippen LogP) is 4.50. The van der Waals surface area contributed by atoms with Gasteiger partial charge in [0.25, 0.3) is 0 Å². The number of thiazole rings is 1. The number of amides is 1. The molecule has 2 aromatic heterocycles. The number of aromatic amines is 1. The zero-order valence-corrected chi connectivity index (χ0v) is 17.6. The Morgan fingerprint density at radius 1 is 1.10 bits per heavy atom. The third-order valence-corrected chi connectivity index (χ3v) is 5.46. The van der Waals surface area contributed by atoms with E-state index in [0.29, 0.717) is 22.4 Å². The number of benzene rings is 2. The van der Waals surface area contributed by atoms with Crippen molar-refractivity contribution in [3.05, 3.63) is 53.5 Å². The van der Waals surface area contributed by atoms with Crippen molar-refractivity contribution in [2.24, 2.45) is 0 Å². The van der Waals surface area contributed by atoms with Crippen LogP contribution < -0.4 is 19.5 Å². The fourth-order valence-electron chi connectivity index (χ4n) is 3.32. The van der Waals surface area contributed by atoms with Crippen LogP contribution in [0.4, 0.5) is 5.13 Å². The molecule has 154 valence electrons. The molecule has 0 saturated heterocycles. The zero-order valence-electron chi connectivity index (χ0n) is 16.8. The zero-order chi connectivity index (χ0) is 21.1. The lowest BCUT2D eigenvalue weighted by atomic mass is 10.1. The SMILES string of the molecule is COc1cc(CC(=O)Nc2nc(-c3c[nH]c4ccccc34)cs2)cc(OC)c1OC. The number of H-pyrrole nitrogens is 1. The quantitative estimate of drug-likeness (QED) is 0.457. The Labute approximate surface area is 177 Å². The number of aromatic nitrogens is 2. The van der Waals surface area contributed by atoms with Crippen molar-refractivity contribution in [1.29, 1.82) is 0 Å². The molecule has 2 heterocycles. The van der Waals surface area contributed by atoms with Gasteiger partial charge >= 0.3 is 0 Å². The second kappa shape index (κ2) is 8.46. The lowest BCUT2D eigenvalue weighted by molar-refractivity contribution is -0.115. The Morgan fingerprint density at radius 3 is 2.53 bits per heavy atom. The van der Waals surface area contributed by atoms with Crippen molar-refractivity contribution in [2.45, 2.75) is 6.42 Å². The number of fused-ring (bicyclic) bond motifs is 1. The van der Waals surface area contributed by atoms with E-state index < -0.39 is 0 Å². The minimum Gasteiger partial charge on any atom is -0.493 e. The van der Waals surface area contributed by atoms with E-state index in [9.17, 15) is 4.79 Å². The van der Waals surface area contributed by atoms with E-state index >= 15 is 0 Å². The highest BCUT2D eigenvalue weighted by molar-refractivity contribution is 7.14. The molecule has 0 aliphatic heterocycles. The van der Waals surface area contributed by atoms with Crippen LogP contribution in [0, 0.1) is 0 Å². The molecule has 30 heavy (non-hydrogen) atoms. The average Bonchev–Trinajstić information content (AvgIpc) is 3.39. The first-order chi connectivity index (χ1) is 14.6. The molecule has 0 atom stereocenters. The Kier molecular flexibility index (Phi) is 5.58. The molecule has 7 nitrogen and oxygen atoms in total. The monoisotopic (exact) mass is 423 g/mol. The number of carbonyl (C=O) groups excluding carboxylic acids is 1. The summed E-state index contributed by atoms with van der Waals surface area (Å²) < 4.78 is 16.0. The molecule has 4 aromatic rings. The van der Waals surface area contributed by atoms with E-state index in [0.717, 1.165) is 27.7 Å². The van der Waals surface area contributed by atoms with Crippen LogP contribution in [-0.2, 0) is 11.2 Å². The number of hydrogen-bond acceptors (Lipinski definition) is 6. The number of anilines is 1. The van der Waals surface area contributed by atoms with E-state index in [1.165, 1.54) is 11.3 Å². The molecule has 1 amide bonds. The van der Waals surface area contributed by atoms with Gasteiger partial charge in [-0.05, 0) is 23.8 Å². The van der Waals surface area contributed by atoms with Gasteiger partial charge in [0.15, 0.2) is 16.6 Å². The van der Waals surface area contributed by atoms with Crippen LogP contribution in [-0.4, -0.2) is 37.2 Å². The summed E-state index contributed by atoms with van der Waals surface area (Å²) in [7, 11) is 4.63. The summed E-state index contributed by atoms with van der Waals surface area (Å²) in [6.07, 6.45) is 2.08. The fraction of sp³-hybridized carbons (Fsp3) is 0.182. The number of nitrogens with zero attached hydrogens (tertiary/aromatic N) is 1. The van der Waals surface area contributed by atoms with Crippen LogP contribution in [0.1, 0.15) is 5.56 Å². The maximum atomic E-state index is 12.6. The van der Waals surface area contributed by atoms with Gasteiger partial charge < -0.3 is 24.5 Å². The van der Waals surface area contributed by atoms with E-state index in [1.807, 2.05) is 35.8 Å². The summed E-state index contributed by atoms with van der Waals surface area (Å²) in [6, 6.07) is 11.6. The molecule has 0 bridgehead atoms. The molecule has 4 rings (SSSR count). The highest BCUT2D eigenvalue weighted by atomic mass is 32.1. The van der Waals surface area contributed by atoms with Gasteiger partial charge in [-0.3, -0.25) is 4.79 Å². The highest BCUT2D eigenvalue weighted by Crippen LogP contribution is 2.38. The van der Waals surface area contributed by atoms with Crippen molar-refractivity contribution in [3.8, 4) is 28.5 Å². The molecule has 0 aliphatic rings. The number of carbonyl (C=O) groups is 1. The maximum absolute atomic E-state index is 12.6. The lowest BCUT2D eigenvalue weighted by Crippen LogP contribution is -2.14. The number of rotatable bonds is 7. The summed E-state index contributed by atoms with van der Waals surface area (Å²) in [5, 5.41) is 6.45. The molecule has 8 heteroatoms. The van der Waals surface area contributed by atoms with Crippen molar-refractivity contribution < 1.29 is 19.0 Å². The van der Waals surface area contributed by atoms with Gasteiger partial charge in [-0.25, -0.2) is 4.98 Å². The average molecular weight is 423 g/mol. The molecule has 2 aromatic carbocycles. The van der Waals surface area contributed by atoms with Gasteiger partial charge in [-0.1, -0.05) is 18.2 Å². The van der Waals surface area contributed by atoms with E-state index in [1.54, 1.807) is 33.5 Å². The van der Waals surface area contributed by atoms with Crippen LogP contribution in [0.15, 0.2) is 48.0 Å². The smallest absolute Gasteiger partial charge is 0.230 e. The third kappa shape index (κ3) is 3.81. The lowest BCUT2D eigenvalue weighted by Gasteiger charge is -2.13. The topological polar surface area (TPSA) is 85.5 Å². The molecular weight excluding hydrogens is 402 g/mol. The number of para-hydroxylation sites is 1. The van der Waals surface area contributed by atoms with E-state index in [-0.39, 0.29) is 12.3 Å². The number of hydrogen-bond donors (Lipinski definition) is 2. The predicted molar refractivity (Wildman–Crippen MR) is 118 cm³/mol. The first-order valence-electron chi connectivity index (χ1n) is 9.23. The van der Waals surface area contributed by atoms with E-state index in [2.05, 4.69) is 15.3 Å². The molecular formula is C22H21N3O4S. The minimum atomic E-state index is -0.177. The van der Waals surface area contributed by atoms with Crippen LogP contribution in [0.3, 0.4) is 0 Å². The second-order valence-electron chi connectivity index (χ2n) is 6.54. The molecule has 0 saturated carbocycles. The fourth-order valence-corrected chi connectivity index (χ4v) is 4.05. The van der Waals surface area contributed by atoms with E-state index in [4.69, 9.17) is 14.2 Å². The van der Waals surface area contributed by atoms with Crippen molar-refractivity contribution in [2.75, 3.05) is 26.6 Å². The Balaban J connectivity index is 1.50. The molecule has 0 unspecified atom stereocenters. The van der Waals surface area contributed by atoms with Crippen molar-refractivity contribution in [3.63, 3.8) is 0 Å². The van der Waals surface area contributed by atoms with Crippen LogP contribution in [0.5, 0.6) is 17.2 Å². The van der Waals surface area contributed by atoms with Gasteiger partial charge in [0.1, 0.15) is 0 Å². The Hall–Kier alpha value is -3.52. The van der Waals surface area contributed by atoms with Crippen LogP contribution >= 0.6 is 11.3 Å². The first-order valence-corrected chi connectivity index (χ1v) is 10.1. The van der Waals surface area contributed by atoms with Crippen LogP contribution in [0.25, 0.3) is 22.2 Å². The van der Waals surface area contributed by atoms with Crippen molar-refractivity contribution in [1.82, 2.24) is 9.97 Å². The number of ether oxygens (including phenoxy) is 3. The van der Waals surface area contributed by atoms with Gasteiger partial charge in [0, 0.05) is 28.0 Å². The standard InChI is InChI=1S/C22H21N3O4S/c1-27-18-8-13(9-19(28-2)21(18)29-3)10-20(26)25-22-24-17(12-30-22)15-11-23-16-7-5-4-6-14(15)16/h4-9,11-12,23H,10H2,1-3H3,(H,24,25,26). The molecule has 0 fully saturated rings. The minimum absolute atomic E-state index is 0.152. The number of nitrogens with one attached hydrogen (secondary N) is 2. The normalized spacial score (nSPS) is 10.8. The molecule has 0 radical (unpaired) electrons. The maximum Gasteiger partial charge on any atom is 0.230 e. The molecule has 0 aliphatic carbocycles. The third-order valence-electron chi connectivity index (χ3n) is 4.70. The van der Waals surface area contributed by atoms with Gasteiger partial charge in [-0.2, -0.15) is 0 Å². The van der Waals surface area contributed by atoms with Gasteiger partial charge in [0.05, 0.1) is 33.4 Å².